The van der Waals surface area contributed by atoms with Gasteiger partial charge in [0.2, 0.25) is 0 Å². The van der Waals surface area contributed by atoms with Crippen molar-refractivity contribution >= 4 is 0 Å². The highest BCUT2D eigenvalue weighted by Crippen LogP contribution is 2.11. The molecule has 1 rings (SSSR count). The lowest BCUT2D eigenvalue weighted by atomic mass is 10.1. The average molecular weight is 200 g/mol. The van der Waals surface area contributed by atoms with Crippen molar-refractivity contribution in [3.8, 4) is 0 Å². The van der Waals surface area contributed by atoms with Gasteiger partial charge in [0.05, 0.1) is 6.10 Å². The molecule has 1 heterocycles. The molecule has 0 amide bonds. The first-order valence-electron chi connectivity index (χ1n) is 5.67. The second kappa shape index (κ2) is 5.69. The van der Waals surface area contributed by atoms with Crippen molar-refractivity contribution in [2.24, 2.45) is 0 Å². The molecular weight excluding hydrogens is 176 g/mol. The molecule has 1 aliphatic heterocycles. The maximum Gasteiger partial charge on any atom is 0.0670 e. The van der Waals surface area contributed by atoms with Gasteiger partial charge < -0.3 is 10.1 Å². The average Bonchev–Trinajstić information content (AvgIpc) is 2.18. The molecular formula is C11H24N2O. The Bertz CT molecular complexity index is 163. The van der Waals surface area contributed by atoms with Crippen LogP contribution >= 0.6 is 0 Å². The van der Waals surface area contributed by atoms with Crippen LogP contribution in [0.4, 0.5) is 0 Å². The molecule has 3 heteroatoms. The standard InChI is InChI=1S/C11H24N2O/c1-5-11-6-12-9(2)7-13(11)8-10(3)14-4/h9-12H,5-8H2,1-4H3. The minimum Gasteiger partial charge on any atom is -0.380 e. The van der Waals surface area contributed by atoms with E-state index < -0.39 is 0 Å². The summed E-state index contributed by atoms with van der Waals surface area (Å²) in [5.41, 5.74) is 0. The van der Waals surface area contributed by atoms with Crippen molar-refractivity contribution in [3.05, 3.63) is 0 Å². The van der Waals surface area contributed by atoms with E-state index in [0.717, 1.165) is 19.6 Å². The van der Waals surface area contributed by atoms with E-state index in [-0.39, 0.29) is 0 Å². The van der Waals surface area contributed by atoms with E-state index in [0.29, 0.717) is 18.2 Å². The Labute approximate surface area is 87.8 Å². The Hall–Kier alpha value is -0.120. The molecule has 84 valence electrons. The van der Waals surface area contributed by atoms with Crippen molar-refractivity contribution in [2.45, 2.75) is 45.4 Å². The molecule has 3 atom stereocenters. The monoisotopic (exact) mass is 200 g/mol. The van der Waals surface area contributed by atoms with Crippen LogP contribution in [0, 0.1) is 0 Å². The third-order valence-electron chi connectivity index (χ3n) is 3.09. The second-order valence-electron chi connectivity index (χ2n) is 4.37. The van der Waals surface area contributed by atoms with Crippen molar-refractivity contribution in [2.75, 3.05) is 26.7 Å². The Morgan fingerprint density at radius 3 is 2.86 bits per heavy atom. The molecule has 1 saturated heterocycles. The Kier molecular flexibility index (Phi) is 4.85. The zero-order valence-electron chi connectivity index (χ0n) is 9.92. The van der Waals surface area contributed by atoms with Gasteiger partial charge in [0.1, 0.15) is 0 Å². The molecule has 1 N–H and O–H groups in total. The van der Waals surface area contributed by atoms with Crippen LogP contribution in [-0.4, -0.2) is 49.8 Å². The molecule has 0 aliphatic carbocycles. The van der Waals surface area contributed by atoms with Crippen molar-refractivity contribution < 1.29 is 4.74 Å². The van der Waals surface area contributed by atoms with Gasteiger partial charge >= 0.3 is 0 Å². The van der Waals surface area contributed by atoms with Gasteiger partial charge in [-0.1, -0.05) is 6.92 Å². The van der Waals surface area contributed by atoms with E-state index in [1.807, 2.05) is 0 Å². The Balaban J connectivity index is 2.44. The summed E-state index contributed by atoms with van der Waals surface area (Å²) < 4.78 is 5.32. The normalized spacial score (nSPS) is 31.7. The van der Waals surface area contributed by atoms with Crippen LogP contribution in [0.2, 0.25) is 0 Å². The SMILES string of the molecule is CCC1CNC(C)CN1CC(C)OC. The van der Waals surface area contributed by atoms with Gasteiger partial charge in [-0.25, -0.2) is 0 Å². The molecule has 1 aliphatic rings. The van der Waals surface area contributed by atoms with Crippen molar-refractivity contribution in [1.82, 2.24) is 10.2 Å². The Morgan fingerprint density at radius 2 is 2.29 bits per heavy atom. The largest absolute Gasteiger partial charge is 0.380 e. The fourth-order valence-corrected chi connectivity index (χ4v) is 2.06. The van der Waals surface area contributed by atoms with Crippen molar-refractivity contribution in [3.63, 3.8) is 0 Å². The lowest BCUT2D eigenvalue weighted by molar-refractivity contribution is 0.0418. The summed E-state index contributed by atoms with van der Waals surface area (Å²) in [6.45, 7) is 9.96. The molecule has 0 bridgehead atoms. The fraction of sp³-hybridized carbons (Fsp3) is 1.00. The van der Waals surface area contributed by atoms with E-state index in [4.69, 9.17) is 4.74 Å². The fourth-order valence-electron chi connectivity index (χ4n) is 2.06. The number of methoxy groups -OCH3 is 1. The van der Waals surface area contributed by atoms with Crippen LogP contribution in [0.15, 0.2) is 0 Å². The summed E-state index contributed by atoms with van der Waals surface area (Å²) in [4.78, 5) is 2.55. The molecule has 1 fully saturated rings. The van der Waals surface area contributed by atoms with E-state index >= 15 is 0 Å². The summed E-state index contributed by atoms with van der Waals surface area (Å²) in [5, 5.41) is 3.52. The van der Waals surface area contributed by atoms with Crippen LogP contribution in [-0.2, 0) is 4.74 Å². The number of nitrogens with one attached hydrogen (secondary N) is 1. The number of ether oxygens (including phenoxy) is 1. The second-order valence-corrected chi connectivity index (χ2v) is 4.37. The summed E-state index contributed by atoms with van der Waals surface area (Å²) in [6, 6.07) is 1.30. The number of hydrogen-bond acceptors (Lipinski definition) is 3. The maximum absolute atomic E-state index is 5.32. The van der Waals surface area contributed by atoms with Crippen LogP contribution in [0.3, 0.4) is 0 Å². The molecule has 0 aromatic carbocycles. The highest BCUT2D eigenvalue weighted by molar-refractivity contribution is 4.84. The van der Waals surface area contributed by atoms with Crippen LogP contribution < -0.4 is 5.32 Å². The molecule has 0 aromatic rings. The smallest absolute Gasteiger partial charge is 0.0670 e. The highest BCUT2D eigenvalue weighted by atomic mass is 16.5. The van der Waals surface area contributed by atoms with Gasteiger partial charge in [-0.15, -0.1) is 0 Å². The van der Waals surface area contributed by atoms with Crippen LogP contribution in [0.5, 0.6) is 0 Å². The zero-order chi connectivity index (χ0) is 10.6. The zero-order valence-corrected chi connectivity index (χ0v) is 9.92. The van der Waals surface area contributed by atoms with E-state index in [1.165, 1.54) is 6.42 Å². The first kappa shape index (κ1) is 12.0. The molecule has 14 heavy (non-hydrogen) atoms. The lowest BCUT2D eigenvalue weighted by Gasteiger charge is -2.40. The highest BCUT2D eigenvalue weighted by Gasteiger charge is 2.25. The Morgan fingerprint density at radius 1 is 1.57 bits per heavy atom. The number of nitrogens with zero attached hydrogens (tertiary/aromatic N) is 1. The van der Waals surface area contributed by atoms with E-state index in [9.17, 15) is 0 Å². The van der Waals surface area contributed by atoms with Gasteiger partial charge in [-0.05, 0) is 20.3 Å². The van der Waals surface area contributed by atoms with E-state index in [2.05, 4.69) is 31.0 Å². The van der Waals surface area contributed by atoms with Crippen LogP contribution in [0.25, 0.3) is 0 Å². The number of piperazine rings is 1. The molecule has 0 saturated carbocycles. The third kappa shape index (κ3) is 3.23. The molecule has 3 nitrogen and oxygen atoms in total. The minimum absolute atomic E-state index is 0.342. The maximum atomic E-state index is 5.32. The summed E-state index contributed by atoms with van der Waals surface area (Å²) in [6.07, 6.45) is 1.56. The van der Waals surface area contributed by atoms with E-state index in [1.54, 1.807) is 7.11 Å². The topological polar surface area (TPSA) is 24.5 Å². The molecule has 0 radical (unpaired) electrons. The number of hydrogen-bond donors (Lipinski definition) is 1. The minimum atomic E-state index is 0.342. The first-order valence-corrected chi connectivity index (χ1v) is 5.67. The first-order chi connectivity index (χ1) is 6.67. The summed E-state index contributed by atoms with van der Waals surface area (Å²) in [5.74, 6) is 0. The van der Waals surface area contributed by atoms with Gasteiger partial charge in [-0.2, -0.15) is 0 Å². The summed E-state index contributed by atoms with van der Waals surface area (Å²) in [7, 11) is 1.79. The summed E-state index contributed by atoms with van der Waals surface area (Å²) >= 11 is 0. The number of rotatable bonds is 4. The van der Waals surface area contributed by atoms with Crippen molar-refractivity contribution in [1.29, 1.82) is 0 Å². The molecule has 0 spiro atoms. The lowest BCUT2D eigenvalue weighted by Crippen LogP contribution is -2.56. The van der Waals surface area contributed by atoms with Crippen LogP contribution in [0.1, 0.15) is 27.2 Å². The van der Waals surface area contributed by atoms with Gasteiger partial charge in [0.25, 0.3) is 0 Å². The van der Waals surface area contributed by atoms with Gasteiger partial charge in [-0.3, -0.25) is 4.90 Å². The third-order valence-corrected chi connectivity index (χ3v) is 3.09. The predicted octanol–water partition coefficient (Wildman–Crippen LogP) is 1.09. The predicted molar refractivity (Wildman–Crippen MR) is 59.6 cm³/mol. The van der Waals surface area contributed by atoms with Gasteiger partial charge in [0, 0.05) is 38.8 Å². The quantitative estimate of drug-likeness (QED) is 0.735. The van der Waals surface area contributed by atoms with Gasteiger partial charge in [0.15, 0.2) is 0 Å². The molecule has 0 aromatic heterocycles. The molecule has 3 unspecified atom stereocenters.